The van der Waals surface area contributed by atoms with Gasteiger partial charge in [-0.15, -0.1) is 0 Å². The first-order chi connectivity index (χ1) is 20.9. The van der Waals surface area contributed by atoms with Crippen molar-refractivity contribution in [3.63, 3.8) is 0 Å². The number of para-hydroxylation sites is 4. The summed E-state index contributed by atoms with van der Waals surface area (Å²) in [5.41, 5.74) is 4.60. The first-order valence-electron chi connectivity index (χ1n) is 13.9. The zero-order valence-corrected chi connectivity index (χ0v) is 23.7. The Morgan fingerprint density at radius 1 is 0.767 bits per heavy atom. The third kappa shape index (κ3) is 6.65. The average Bonchev–Trinajstić information content (AvgIpc) is 3.20. The molecule has 8 nitrogen and oxygen atoms in total. The lowest BCUT2D eigenvalue weighted by Crippen LogP contribution is -2.50. The fourth-order valence-corrected chi connectivity index (χ4v) is 5.02. The summed E-state index contributed by atoms with van der Waals surface area (Å²) in [6, 6.07) is 32.6. The van der Waals surface area contributed by atoms with Crippen molar-refractivity contribution >= 4 is 52.9 Å². The van der Waals surface area contributed by atoms with Gasteiger partial charge in [0.1, 0.15) is 0 Å². The van der Waals surface area contributed by atoms with Crippen molar-refractivity contribution in [3.05, 3.63) is 132 Å². The maximum atomic E-state index is 14.1. The van der Waals surface area contributed by atoms with Crippen LogP contribution in [-0.2, 0) is 4.79 Å². The molecular formula is C35H32N4O4. The monoisotopic (exact) mass is 572 g/mol. The summed E-state index contributed by atoms with van der Waals surface area (Å²) in [6.07, 6.45) is 6.72. The molecule has 0 aromatic heterocycles. The minimum Gasteiger partial charge on any atom is -0.478 e. The number of aliphatic carboxylic acids is 1. The van der Waals surface area contributed by atoms with Gasteiger partial charge in [-0.3, -0.25) is 9.80 Å². The van der Waals surface area contributed by atoms with Crippen LogP contribution >= 0.6 is 0 Å². The number of hydrogen-bond donors (Lipinski definition) is 2. The molecule has 0 saturated heterocycles. The van der Waals surface area contributed by atoms with Crippen molar-refractivity contribution in [2.75, 3.05) is 23.4 Å². The predicted molar refractivity (Wildman–Crippen MR) is 171 cm³/mol. The molecule has 0 saturated carbocycles. The quantitative estimate of drug-likeness (QED) is 0.217. The van der Waals surface area contributed by atoms with E-state index in [1.165, 1.54) is 6.08 Å². The van der Waals surface area contributed by atoms with Crippen molar-refractivity contribution in [2.45, 2.75) is 12.5 Å². The van der Waals surface area contributed by atoms with E-state index in [4.69, 9.17) is 0 Å². The molecule has 4 aromatic carbocycles. The Hall–Kier alpha value is -5.63. The van der Waals surface area contributed by atoms with Crippen molar-refractivity contribution in [2.24, 2.45) is 0 Å². The Bertz CT molecular complexity index is 1560. The summed E-state index contributed by atoms with van der Waals surface area (Å²) in [5.74, 6) is -1.09. The van der Waals surface area contributed by atoms with Crippen molar-refractivity contribution in [1.82, 2.24) is 10.2 Å². The van der Waals surface area contributed by atoms with Gasteiger partial charge in [0.15, 0.2) is 0 Å². The topological polar surface area (TPSA) is 93.2 Å². The van der Waals surface area contributed by atoms with Crippen molar-refractivity contribution < 1.29 is 19.5 Å². The van der Waals surface area contributed by atoms with Crippen LogP contribution in [0.2, 0.25) is 0 Å². The number of nitrogens with zero attached hydrogens (tertiary/aromatic N) is 3. The molecule has 1 aliphatic heterocycles. The minimum atomic E-state index is -1.09. The van der Waals surface area contributed by atoms with Gasteiger partial charge in [-0.2, -0.15) is 0 Å². The molecule has 1 atom stereocenters. The number of anilines is 4. The van der Waals surface area contributed by atoms with Gasteiger partial charge in [-0.05, 0) is 53.9 Å². The lowest BCUT2D eigenvalue weighted by molar-refractivity contribution is -0.131. The van der Waals surface area contributed by atoms with Crippen LogP contribution in [0.4, 0.5) is 32.3 Å². The van der Waals surface area contributed by atoms with E-state index in [0.717, 1.165) is 28.6 Å². The number of carboxylic acids is 1. The average molecular weight is 573 g/mol. The van der Waals surface area contributed by atoms with Crippen LogP contribution in [0.3, 0.4) is 0 Å². The number of hydrogen-bond acceptors (Lipinski definition) is 3. The van der Waals surface area contributed by atoms with E-state index in [1.54, 1.807) is 21.7 Å². The van der Waals surface area contributed by atoms with Crippen molar-refractivity contribution in [3.8, 4) is 0 Å². The lowest BCUT2D eigenvalue weighted by atomic mass is 10.1. The second-order valence-corrected chi connectivity index (χ2v) is 10.0. The zero-order valence-electron chi connectivity index (χ0n) is 23.7. The molecule has 43 heavy (non-hydrogen) atoms. The summed E-state index contributed by atoms with van der Waals surface area (Å²) >= 11 is 0. The van der Waals surface area contributed by atoms with E-state index in [9.17, 15) is 19.5 Å². The first kappa shape index (κ1) is 28.9. The van der Waals surface area contributed by atoms with E-state index in [1.807, 2.05) is 121 Å². The van der Waals surface area contributed by atoms with Gasteiger partial charge in [-0.25, -0.2) is 14.4 Å². The second-order valence-electron chi connectivity index (χ2n) is 10.0. The van der Waals surface area contributed by atoms with Crippen molar-refractivity contribution in [1.29, 1.82) is 0 Å². The van der Waals surface area contributed by atoms with Gasteiger partial charge < -0.3 is 15.3 Å². The fraction of sp³-hybridized carbons (Fsp3) is 0.114. The molecule has 1 aliphatic rings. The lowest BCUT2D eigenvalue weighted by Gasteiger charge is -2.34. The molecule has 4 amide bonds. The zero-order chi connectivity index (χ0) is 30.2. The van der Waals surface area contributed by atoms with Crippen LogP contribution in [-0.4, -0.2) is 47.7 Å². The molecule has 0 bridgehead atoms. The van der Waals surface area contributed by atoms with E-state index >= 15 is 0 Å². The molecule has 0 unspecified atom stereocenters. The Balaban J connectivity index is 1.43. The van der Waals surface area contributed by atoms with Gasteiger partial charge in [0, 0.05) is 19.7 Å². The maximum absolute atomic E-state index is 14.1. The van der Waals surface area contributed by atoms with E-state index < -0.39 is 12.0 Å². The molecular weight excluding hydrogens is 540 g/mol. The fourth-order valence-electron chi connectivity index (χ4n) is 5.02. The summed E-state index contributed by atoms with van der Waals surface area (Å²) in [7, 11) is 1.66. The number of carboxylic acid groups (broad SMARTS) is 1. The smallest absolute Gasteiger partial charge is 0.329 e. The standard InChI is InChI=1S/C35H32N4O4/c1-37(35(43)38(28-15-4-2-5-16-28)29-17-6-3-7-18-29)30(19-12-22-33(40)41)25-36-34(42)39-31-20-10-8-13-26(31)23-24-27-14-9-11-21-32(27)39/h2-18,20-24,30H,19,25H2,1H3,(H,36,42)(H,40,41)/b22-12+/t30-/m0/s1. The predicted octanol–water partition coefficient (Wildman–Crippen LogP) is 7.31. The molecule has 5 rings (SSSR count). The summed E-state index contributed by atoms with van der Waals surface area (Å²) in [4.78, 5) is 44.0. The molecule has 2 N–H and O–H groups in total. The number of likely N-dealkylation sites (N-methyl/N-ethyl adjacent to an activating group) is 1. The van der Waals surface area contributed by atoms with E-state index in [0.29, 0.717) is 11.4 Å². The van der Waals surface area contributed by atoms with Crippen LogP contribution in [0.5, 0.6) is 0 Å². The van der Waals surface area contributed by atoms with E-state index in [-0.39, 0.29) is 25.0 Å². The Morgan fingerprint density at radius 2 is 1.26 bits per heavy atom. The Labute approximate surface area is 250 Å². The van der Waals surface area contributed by atoms with Gasteiger partial charge in [0.05, 0.1) is 28.8 Å². The normalized spacial score (nSPS) is 12.5. The maximum Gasteiger partial charge on any atom is 0.329 e. The number of urea groups is 2. The number of nitrogens with one attached hydrogen (secondary N) is 1. The number of benzene rings is 4. The molecule has 8 heteroatoms. The third-order valence-electron chi connectivity index (χ3n) is 7.23. The van der Waals surface area contributed by atoms with Crippen LogP contribution < -0.4 is 15.1 Å². The molecule has 0 aliphatic carbocycles. The van der Waals surface area contributed by atoms with Gasteiger partial charge >= 0.3 is 18.0 Å². The first-order valence-corrected chi connectivity index (χ1v) is 13.9. The minimum absolute atomic E-state index is 0.0801. The van der Waals surface area contributed by atoms with Crippen LogP contribution in [0.15, 0.2) is 121 Å². The number of amides is 4. The highest BCUT2D eigenvalue weighted by Crippen LogP contribution is 2.36. The summed E-state index contributed by atoms with van der Waals surface area (Å²) in [6.45, 7) is 0.0801. The molecule has 0 fully saturated rings. The number of carbonyl (C=O) groups excluding carboxylic acids is 2. The second kappa shape index (κ2) is 13.4. The summed E-state index contributed by atoms with van der Waals surface area (Å²) in [5, 5.41) is 12.2. The van der Waals surface area contributed by atoms with Crippen LogP contribution in [0.25, 0.3) is 12.2 Å². The number of fused-ring (bicyclic) bond motifs is 2. The third-order valence-corrected chi connectivity index (χ3v) is 7.23. The largest absolute Gasteiger partial charge is 0.478 e. The SMILES string of the molecule is CN(C(=O)N(c1ccccc1)c1ccccc1)[C@@H](C/C=C/C(=O)O)CNC(=O)N1c2ccccc2C=Cc2ccccc21. The van der Waals surface area contributed by atoms with Crippen LogP contribution in [0.1, 0.15) is 17.5 Å². The molecule has 0 spiro atoms. The molecule has 216 valence electrons. The molecule has 0 radical (unpaired) electrons. The Kier molecular flexibility index (Phi) is 8.97. The van der Waals surface area contributed by atoms with E-state index in [2.05, 4.69) is 5.32 Å². The van der Waals surface area contributed by atoms with Gasteiger partial charge in [0.2, 0.25) is 0 Å². The number of carbonyl (C=O) groups is 3. The molecule has 4 aromatic rings. The highest BCUT2D eigenvalue weighted by atomic mass is 16.4. The highest BCUT2D eigenvalue weighted by Gasteiger charge is 2.29. The van der Waals surface area contributed by atoms with Gasteiger partial charge in [0.25, 0.3) is 0 Å². The number of rotatable bonds is 8. The van der Waals surface area contributed by atoms with Crippen LogP contribution in [0, 0.1) is 0 Å². The highest BCUT2D eigenvalue weighted by molar-refractivity contribution is 6.05. The molecule has 1 heterocycles. The van der Waals surface area contributed by atoms with Gasteiger partial charge in [-0.1, -0.05) is 91.0 Å². The summed E-state index contributed by atoms with van der Waals surface area (Å²) < 4.78 is 0. The Morgan fingerprint density at radius 3 is 1.77 bits per heavy atom.